The molecule has 0 saturated heterocycles. The second kappa shape index (κ2) is 5.22. The number of ketones is 1. The summed E-state index contributed by atoms with van der Waals surface area (Å²) in [7, 11) is 1.46. The zero-order valence-electron chi connectivity index (χ0n) is 11.1. The first-order valence-corrected chi connectivity index (χ1v) is 5.99. The molecule has 1 aromatic carbocycles. The Hall–Kier alpha value is -2.17. The lowest BCUT2D eigenvalue weighted by Crippen LogP contribution is -2.13. The molecule has 0 radical (unpaired) electrons. The number of aromatic nitrogens is 2. The van der Waals surface area contributed by atoms with Gasteiger partial charge in [0.1, 0.15) is 5.82 Å². The zero-order chi connectivity index (χ0) is 14.0. The van der Waals surface area contributed by atoms with Crippen LogP contribution in [0.5, 0.6) is 5.75 Å². The molecule has 19 heavy (non-hydrogen) atoms. The molecule has 0 unspecified atom stereocenters. The minimum absolute atomic E-state index is 0.0269. The first-order chi connectivity index (χ1) is 9.08. The molecule has 0 atom stereocenters. The molecule has 0 aliphatic carbocycles. The number of carbonyl (C=O) groups excluding carboxylic acids is 1. The Bertz CT molecular complexity index is 598. The minimum atomic E-state index is -0.532. The number of rotatable bonds is 4. The van der Waals surface area contributed by atoms with Crippen LogP contribution in [-0.2, 0) is 6.54 Å². The Morgan fingerprint density at radius 3 is 2.79 bits per heavy atom. The highest BCUT2D eigenvalue weighted by Gasteiger charge is 2.22. The molecule has 0 fully saturated rings. The van der Waals surface area contributed by atoms with Gasteiger partial charge < -0.3 is 4.74 Å². The Balaban J connectivity index is 2.52. The van der Waals surface area contributed by atoms with Crippen LogP contribution in [0.3, 0.4) is 0 Å². The monoisotopic (exact) mass is 262 g/mol. The summed E-state index contributed by atoms with van der Waals surface area (Å²) in [5, 5.41) is 4.05. The van der Waals surface area contributed by atoms with Crippen molar-refractivity contribution in [1.29, 1.82) is 0 Å². The molecule has 2 rings (SSSR count). The van der Waals surface area contributed by atoms with E-state index in [4.69, 9.17) is 4.74 Å². The van der Waals surface area contributed by atoms with Crippen LogP contribution in [0.15, 0.2) is 24.4 Å². The van der Waals surface area contributed by atoms with Gasteiger partial charge in [0.25, 0.3) is 0 Å². The lowest BCUT2D eigenvalue weighted by Gasteiger charge is -2.07. The second-order valence-corrected chi connectivity index (χ2v) is 4.19. The SMILES string of the molecule is CCn1ncc(OC)c1C(=O)c1ccc(C)cc1F. The van der Waals surface area contributed by atoms with Crippen LogP contribution in [0.2, 0.25) is 0 Å². The molecule has 0 bridgehead atoms. The van der Waals surface area contributed by atoms with E-state index in [2.05, 4.69) is 5.10 Å². The van der Waals surface area contributed by atoms with E-state index >= 15 is 0 Å². The third kappa shape index (κ3) is 2.36. The maximum absolute atomic E-state index is 13.9. The normalized spacial score (nSPS) is 10.5. The predicted molar refractivity (Wildman–Crippen MR) is 69.0 cm³/mol. The van der Waals surface area contributed by atoms with Crippen molar-refractivity contribution in [2.45, 2.75) is 20.4 Å². The smallest absolute Gasteiger partial charge is 0.217 e. The van der Waals surface area contributed by atoms with E-state index in [-0.39, 0.29) is 11.3 Å². The number of methoxy groups -OCH3 is 1. The predicted octanol–water partition coefficient (Wildman–Crippen LogP) is 2.59. The average molecular weight is 262 g/mol. The van der Waals surface area contributed by atoms with E-state index in [1.165, 1.54) is 30.1 Å². The van der Waals surface area contributed by atoms with E-state index in [1.807, 2.05) is 6.92 Å². The van der Waals surface area contributed by atoms with Crippen molar-refractivity contribution in [3.8, 4) is 5.75 Å². The molecule has 2 aromatic rings. The summed E-state index contributed by atoms with van der Waals surface area (Å²) < 4.78 is 20.5. The standard InChI is InChI=1S/C14H15FN2O2/c1-4-17-13(12(19-3)8-16-17)14(18)10-6-5-9(2)7-11(10)15/h5-8H,4H2,1-3H3. The van der Waals surface area contributed by atoms with E-state index < -0.39 is 11.6 Å². The van der Waals surface area contributed by atoms with Crippen molar-refractivity contribution in [1.82, 2.24) is 9.78 Å². The average Bonchev–Trinajstić information content (AvgIpc) is 2.80. The number of nitrogens with zero attached hydrogens (tertiary/aromatic N) is 2. The van der Waals surface area contributed by atoms with Gasteiger partial charge in [0.2, 0.25) is 5.78 Å². The zero-order valence-corrected chi connectivity index (χ0v) is 11.1. The topological polar surface area (TPSA) is 44.1 Å². The molecule has 0 aliphatic heterocycles. The summed E-state index contributed by atoms with van der Waals surface area (Å²) >= 11 is 0. The van der Waals surface area contributed by atoms with Crippen molar-refractivity contribution in [2.75, 3.05) is 7.11 Å². The fourth-order valence-corrected chi connectivity index (χ4v) is 1.92. The molecular formula is C14H15FN2O2. The van der Waals surface area contributed by atoms with Crippen molar-refractivity contribution in [2.24, 2.45) is 0 Å². The van der Waals surface area contributed by atoms with Gasteiger partial charge in [-0.1, -0.05) is 6.07 Å². The largest absolute Gasteiger partial charge is 0.493 e. The van der Waals surface area contributed by atoms with Gasteiger partial charge in [0, 0.05) is 6.54 Å². The number of benzene rings is 1. The maximum Gasteiger partial charge on any atom is 0.217 e. The van der Waals surface area contributed by atoms with Gasteiger partial charge in [0.05, 0.1) is 18.9 Å². The molecular weight excluding hydrogens is 247 g/mol. The van der Waals surface area contributed by atoms with Crippen molar-refractivity contribution < 1.29 is 13.9 Å². The van der Waals surface area contributed by atoms with E-state index in [0.29, 0.717) is 12.3 Å². The molecule has 1 heterocycles. The molecule has 0 aliphatic rings. The summed E-state index contributed by atoms with van der Waals surface area (Å²) in [6.45, 7) is 4.14. The van der Waals surface area contributed by atoms with Gasteiger partial charge in [-0.05, 0) is 31.5 Å². The van der Waals surface area contributed by atoms with Gasteiger partial charge in [0.15, 0.2) is 11.4 Å². The van der Waals surface area contributed by atoms with Gasteiger partial charge in [-0.2, -0.15) is 5.10 Å². The summed E-state index contributed by atoms with van der Waals surface area (Å²) in [4.78, 5) is 12.4. The number of hydrogen-bond acceptors (Lipinski definition) is 3. The molecule has 0 amide bonds. The van der Waals surface area contributed by atoms with E-state index in [9.17, 15) is 9.18 Å². The first kappa shape index (κ1) is 13.3. The summed E-state index contributed by atoms with van der Waals surface area (Å²) in [5.74, 6) is -0.601. The summed E-state index contributed by atoms with van der Waals surface area (Å²) in [5.41, 5.74) is 1.07. The van der Waals surface area contributed by atoms with Gasteiger partial charge >= 0.3 is 0 Å². The molecule has 0 saturated carbocycles. The number of aryl methyl sites for hydroxylation is 2. The second-order valence-electron chi connectivity index (χ2n) is 4.19. The number of hydrogen-bond donors (Lipinski definition) is 0. The Morgan fingerprint density at radius 1 is 1.47 bits per heavy atom. The van der Waals surface area contributed by atoms with Crippen LogP contribution in [0, 0.1) is 12.7 Å². The van der Waals surface area contributed by atoms with Crippen LogP contribution in [-0.4, -0.2) is 22.7 Å². The summed E-state index contributed by atoms with van der Waals surface area (Å²) in [6, 6.07) is 4.53. The molecule has 100 valence electrons. The molecule has 0 N–H and O–H groups in total. The lowest BCUT2D eigenvalue weighted by atomic mass is 10.1. The van der Waals surface area contributed by atoms with Crippen LogP contribution in [0.25, 0.3) is 0 Å². The van der Waals surface area contributed by atoms with Crippen molar-refractivity contribution >= 4 is 5.78 Å². The number of carbonyl (C=O) groups is 1. The Kier molecular flexibility index (Phi) is 3.64. The summed E-state index contributed by atoms with van der Waals surface area (Å²) in [6.07, 6.45) is 1.46. The van der Waals surface area contributed by atoms with E-state index in [1.54, 1.807) is 13.0 Å². The lowest BCUT2D eigenvalue weighted by molar-refractivity contribution is 0.102. The highest BCUT2D eigenvalue weighted by atomic mass is 19.1. The molecule has 5 heteroatoms. The maximum atomic E-state index is 13.9. The quantitative estimate of drug-likeness (QED) is 0.795. The highest BCUT2D eigenvalue weighted by Crippen LogP contribution is 2.23. The molecule has 4 nitrogen and oxygen atoms in total. The fraction of sp³-hybridized carbons (Fsp3) is 0.286. The van der Waals surface area contributed by atoms with Crippen LogP contribution < -0.4 is 4.74 Å². The number of halogens is 1. The van der Waals surface area contributed by atoms with Crippen LogP contribution >= 0.6 is 0 Å². The van der Waals surface area contributed by atoms with E-state index in [0.717, 1.165) is 5.56 Å². The molecule has 0 spiro atoms. The van der Waals surface area contributed by atoms with Crippen molar-refractivity contribution in [3.63, 3.8) is 0 Å². The fourth-order valence-electron chi connectivity index (χ4n) is 1.92. The third-order valence-electron chi connectivity index (χ3n) is 2.91. The van der Waals surface area contributed by atoms with Crippen molar-refractivity contribution in [3.05, 3.63) is 47.0 Å². The first-order valence-electron chi connectivity index (χ1n) is 5.99. The molecule has 1 aromatic heterocycles. The number of ether oxygens (including phenoxy) is 1. The Labute approximate surface area is 110 Å². The Morgan fingerprint density at radius 2 is 2.21 bits per heavy atom. The highest BCUT2D eigenvalue weighted by molar-refractivity contribution is 6.09. The van der Waals surface area contributed by atoms with Crippen LogP contribution in [0.1, 0.15) is 28.5 Å². The minimum Gasteiger partial charge on any atom is -0.493 e. The van der Waals surface area contributed by atoms with Crippen LogP contribution in [0.4, 0.5) is 4.39 Å². The third-order valence-corrected chi connectivity index (χ3v) is 2.91. The van der Waals surface area contributed by atoms with Gasteiger partial charge in [-0.25, -0.2) is 4.39 Å². The van der Waals surface area contributed by atoms with Gasteiger partial charge in [-0.3, -0.25) is 9.48 Å². The van der Waals surface area contributed by atoms with Gasteiger partial charge in [-0.15, -0.1) is 0 Å².